The van der Waals surface area contributed by atoms with Gasteiger partial charge in [0.2, 0.25) is 0 Å². The van der Waals surface area contributed by atoms with E-state index in [2.05, 4.69) is 52.9 Å². The molecular weight excluding hydrogens is 544 g/mol. The zero-order chi connectivity index (χ0) is 23.7. The Labute approximate surface area is 203 Å². The average molecular weight is 568 g/mol. The van der Waals surface area contributed by atoms with Crippen LogP contribution in [0.5, 0.6) is 11.5 Å². The van der Waals surface area contributed by atoms with Gasteiger partial charge in [-0.25, -0.2) is 10.9 Å². The van der Waals surface area contributed by atoms with Crippen molar-refractivity contribution >= 4 is 56.1 Å². The van der Waals surface area contributed by atoms with Gasteiger partial charge in [-0.15, -0.1) is 0 Å². The van der Waals surface area contributed by atoms with Gasteiger partial charge in [0.1, 0.15) is 11.5 Å². The molecule has 0 unspecified atom stereocenters. The smallest absolute Gasteiger partial charge is 0.331 e. The van der Waals surface area contributed by atoms with Crippen LogP contribution in [-0.4, -0.2) is 36.5 Å². The highest BCUT2D eigenvalue weighted by molar-refractivity contribution is 9.10. The Morgan fingerprint density at radius 2 is 1.16 bits per heavy atom. The van der Waals surface area contributed by atoms with E-state index in [0.717, 1.165) is 8.95 Å². The standard InChI is InChI=1S/C22H24Br2N4O4/c1-13(2)31-19-7-5-17(23)9-15(19)11-25-27-21(29)22(30)28-26-12-16-10-18(24)6-8-20(16)32-14(3)4/h5-14H,1-4H3,(H,27,29)(H,28,30)/b25-11-,26-12+. The van der Waals surface area contributed by atoms with Crippen molar-refractivity contribution in [3.8, 4) is 11.5 Å². The first-order valence-corrected chi connectivity index (χ1v) is 11.3. The molecule has 2 aromatic carbocycles. The van der Waals surface area contributed by atoms with Crippen LogP contribution in [0.2, 0.25) is 0 Å². The van der Waals surface area contributed by atoms with Crippen molar-refractivity contribution in [3.63, 3.8) is 0 Å². The highest BCUT2D eigenvalue weighted by atomic mass is 79.9. The second-order valence-corrected chi connectivity index (χ2v) is 8.93. The maximum absolute atomic E-state index is 12.0. The molecule has 0 aliphatic carbocycles. The number of ether oxygens (including phenoxy) is 2. The van der Waals surface area contributed by atoms with Crippen LogP contribution in [0.1, 0.15) is 38.8 Å². The number of rotatable bonds is 8. The Balaban J connectivity index is 1.98. The number of halogens is 2. The van der Waals surface area contributed by atoms with E-state index in [-0.39, 0.29) is 12.2 Å². The van der Waals surface area contributed by atoms with Crippen LogP contribution < -0.4 is 20.3 Å². The summed E-state index contributed by atoms with van der Waals surface area (Å²) in [4.78, 5) is 24.0. The fourth-order valence-electron chi connectivity index (χ4n) is 2.39. The molecule has 0 aliphatic rings. The molecule has 8 nitrogen and oxygen atoms in total. The lowest BCUT2D eigenvalue weighted by atomic mass is 10.2. The number of benzene rings is 2. The maximum Gasteiger partial charge on any atom is 0.331 e. The molecule has 2 rings (SSSR count). The third-order valence-corrected chi connectivity index (χ3v) is 4.60. The Morgan fingerprint density at radius 3 is 1.50 bits per heavy atom. The van der Waals surface area contributed by atoms with Gasteiger partial charge in [0, 0.05) is 20.1 Å². The summed E-state index contributed by atoms with van der Waals surface area (Å²) >= 11 is 6.76. The topological polar surface area (TPSA) is 101 Å². The van der Waals surface area contributed by atoms with Crippen molar-refractivity contribution in [2.24, 2.45) is 10.2 Å². The van der Waals surface area contributed by atoms with Crippen LogP contribution in [0.4, 0.5) is 0 Å². The lowest BCUT2D eigenvalue weighted by Gasteiger charge is -2.12. The molecule has 0 saturated heterocycles. The van der Waals surface area contributed by atoms with E-state index in [9.17, 15) is 9.59 Å². The highest BCUT2D eigenvalue weighted by Crippen LogP contribution is 2.23. The van der Waals surface area contributed by atoms with Crippen LogP contribution in [0.25, 0.3) is 0 Å². The van der Waals surface area contributed by atoms with Crippen LogP contribution in [-0.2, 0) is 9.59 Å². The third kappa shape index (κ3) is 8.43. The van der Waals surface area contributed by atoms with Gasteiger partial charge in [0.15, 0.2) is 0 Å². The number of hydrogen-bond donors (Lipinski definition) is 2. The first-order valence-electron chi connectivity index (χ1n) is 9.74. The minimum atomic E-state index is -0.965. The van der Waals surface area contributed by atoms with Gasteiger partial charge in [-0.05, 0) is 64.1 Å². The van der Waals surface area contributed by atoms with Gasteiger partial charge in [-0.1, -0.05) is 31.9 Å². The SMILES string of the molecule is CC(C)Oc1ccc(Br)cc1/C=N\NC(=O)C(=O)N/N=C/c1cc(Br)ccc1OC(C)C. The highest BCUT2D eigenvalue weighted by Gasteiger charge is 2.12. The van der Waals surface area contributed by atoms with E-state index in [1.165, 1.54) is 12.4 Å². The van der Waals surface area contributed by atoms with Crippen molar-refractivity contribution in [1.82, 2.24) is 10.9 Å². The zero-order valence-corrected chi connectivity index (χ0v) is 21.2. The lowest BCUT2D eigenvalue weighted by molar-refractivity contribution is -0.139. The minimum Gasteiger partial charge on any atom is -0.490 e. The summed E-state index contributed by atoms with van der Waals surface area (Å²) in [7, 11) is 0. The zero-order valence-electron chi connectivity index (χ0n) is 18.1. The van der Waals surface area contributed by atoms with Crippen molar-refractivity contribution in [3.05, 3.63) is 56.5 Å². The van der Waals surface area contributed by atoms with E-state index in [4.69, 9.17) is 9.47 Å². The molecule has 0 atom stereocenters. The van der Waals surface area contributed by atoms with E-state index in [1.807, 2.05) is 39.8 Å². The summed E-state index contributed by atoms with van der Waals surface area (Å²) in [5.41, 5.74) is 5.61. The maximum atomic E-state index is 12.0. The van der Waals surface area contributed by atoms with Crippen molar-refractivity contribution < 1.29 is 19.1 Å². The second kappa shape index (κ2) is 12.4. The predicted molar refractivity (Wildman–Crippen MR) is 131 cm³/mol. The molecule has 2 aromatic rings. The first-order chi connectivity index (χ1) is 15.2. The molecule has 0 aromatic heterocycles. The van der Waals surface area contributed by atoms with E-state index < -0.39 is 11.8 Å². The molecule has 2 amide bonds. The fourth-order valence-corrected chi connectivity index (χ4v) is 3.14. The molecule has 2 N–H and O–H groups in total. The molecule has 0 aliphatic heterocycles. The van der Waals surface area contributed by atoms with Gasteiger partial charge in [0.05, 0.1) is 24.6 Å². The van der Waals surface area contributed by atoms with Gasteiger partial charge in [-0.2, -0.15) is 10.2 Å². The normalized spacial score (nSPS) is 11.4. The molecule has 0 saturated carbocycles. The summed E-state index contributed by atoms with van der Waals surface area (Å²) in [5, 5.41) is 7.66. The number of hydrazone groups is 2. The number of nitrogens with one attached hydrogen (secondary N) is 2. The molecule has 0 radical (unpaired) electrons. The largest absolute Gasteiger partial charge is 0.490 e. The quantitative estimate of drug-likeness (QED) is 0.281. The van der Waals surface area contributed by atoms with Crippen LogP contribution >= 0.6 is 31.9 Å². The molecule has 10 heteroatoms. The molecular formula is C22H24Br2N4O4. The van der Waals surface area contributed by atoms with Crippen LogP contribution in [0.3, 0.4) is 0 Å². The average Bonchev–Trinajstić information content (AvgIpc) is 2.71. The van der Waals surface area contributed by atoms with Crippen molar-refractivity contribution in [2.75, 3.05) is 0 Å². The van der Waals surface area contributed by atoms with Gasteiger partial charge in [0.25, 0.3) is 0 Å². The van der Waals surface area contributed by atoms with Crippen molar-refractivity contribution in [2.45, 2.75) is 39.9 Å². The first kappa shape index (κ1) is 25.5. The molecule has 0 heterocycles. The number of amides is 2. The summed E-state index contributed by atoms with van der Waals surface area (Å²) in [6.07, 6.45) is 2.73. The Hall–Kier alpha value is -2.72. The number of carbonyl (C=O) groups is 2. The van der Waals surface area contributed by atoms with Gasteiger partial charge >= 0.3 is 11.8 Å². The van der Waals surface area contributed by atoms with Gasteiger partial charge < -0.3 is 9.47 Å². The van der Waals surface area contributed by atoms with Crippen molar-refractivity contribution in [1.29, 1.82) is 0 Å². The fraction of sp³-hybridized carbons (Fsp3) is 0.273. The molecule has 32 heavy (non-hydrogen) atoms. The van der Waals surface area contributed by atoms with Crippen LogP contribution in [0.15, 0.2) is 55.5 Å². The molecule has 0 bridgehead atoms. The summed E-state index contributed by atoms with van der Waals surface area (Å²) in [6.45, 7) is 7.62. The number of nitrogens with zero attached hydrogens (tertiary/aromatic N) is 2. The van der Waals surface area contributed by atoms with E-state index in [1.54, 1.807) is 24.3 Å². The Morgan fingerprint density at radius 1 is 0.781 bits per heavy atom. The Bertz CT molecular complexity index is 941. The lowest BCUT2D eigenvalue weighted by Crippen LogP contribution is -2.35. The summed E-state index contributed by atoms with van der Waals surface area (Å²) in [6, 6.07) is 10.8. The molecule has 170 valence electrons. The van der Waals surface area contributed by atoms with E-state index >= 15 is 0 Å². The molecule has 0 fully saturated rings. The summed E-state index contributed by atoms with van der Waals surface area (Å²) < 4.78 is 13.1. The summed E-state index contributed by atoms with van der Waals surface area (Å²) in [5.74, 6) is -0.729. The van der Waals surface area contributed by atoms with Gasteiger partial charge in [-0.3, -0.25) is 9.59 Å². The Kier molecular flexibility index (Phi) is 9.86. The number of hydrogen-bond acceptors (Lipinski definition) is 6. The third-order valence-electron chi connectivity index (χ3n) is 3.61. The number of carbonyl (C=O) groups excluding carboxylic acids is 2. The van der Waals surface area contributed by atoms with Crippen LogP contribution in [0, 0.1) is 0 Å². The van der Waals surface area contributed by atoms with E-state index in [0.29, 0.717) is 22.6 Å². The molecule has 0 spiro atoms. The minimum absolute atomic E-state index is 0.0294. The second-order valence-electron chi connectivity index (χ2n) is 7.10. The predicted octanol–water partition coefficient (Wildman–Crippen LogP) is 4.39. The monoisotopic (exact) mass is 566 g/mol.